The first-order valence-corrected chi connectivity index (χ1v) is 7.89. The summed E-state index contributed by atoms with van der Waals surface area (Å²) in [5.41, 5.74) is 0.275. The zero-order chi connectivity index (χ0) is 17.5. The van der Waals surface area contributed by atoms with Crippen LogP contribution in [-0.4, -0.2) is 33.9 Å². The Hall–Kier alpha value is -2.57. The highest BCUT2D eigenvalue weighted by atomic mass is 19.1. The van der Waals surface area contributed by atoms with E-state index in [0.29, 0.717) is 13.1 Å². The molecule has 0 saturated carbocycles. The van der Waals surface area contributed by atoms with Crippen molar-refractivity contribution in [3.05, 3.63) is 47.8 Å². The molecule has 0 aliphatic rings. The average Bonchev–Trinajstić information content (AvgIpc) is 2.57. The van der Waals surface area contributed by atoms with Gasteiger partial charge < -0.3 is 10.2 Å². The quantitative estimate of drug-likeness (QED) is 0.837. The van der Waals surface area contributed by atoms with E-state index in [1.165, 1.54) is 18.3 Å². The zero-order valence-corrected chi connectivity index (χ0v) is 13.7. The first-order valence-electron chi connectivity index (χ1n) is 7.89. The highest BCUT2D eigenvalue weighted by Gasteiger charge is 2.16. The molecule has 1 aromatic heterocycles. The smallest absolute Gasteiger partial charge is 0.272 e. The molecular formula is C17H20F2N4O. The molecule has 0 radical (unpaired) electrons. The molecule has 0 saturated heterocycles. The van der Waals surface area contributed by atoms with E-state index in [1.54, 1.807) is 4.90 Å². The third-order valence-corrected chi connectivity index (χ3v) is 3.33. The Morgan fingerprint density at radius 1 is 1.17 bits per heavy atom. The minimum Gasteiger partial charge on any atom is -0.337 e. The van der Waals surface area contributed by atoms with Gasteiger partial charge in [0.15, 0.2) is 0 Å². The van der Waals surface area contributed by atoms with Crippen LogP contribution in [0, 0.1) is 11.6 Å². The number of carbonyl (C=O) groups excluding carboxylic acids is 1. The molecular weight excluding hydrogens is 314 g/mol. The van der Waals surface area contributed by atoms with Crippen molar-refractivity contribution in [2.75, 3.05) is 18.4 Å². The molecule has 0 fully saturated rings. The molecule has 1 amide bonds. The van der Waals surface area contributed by atoms with Crippen molar-refractivity contribution < 1.29 is 13.6 Å². The fourth-order valence-corrected chi connectivity index (χ4v) is 2.27. The van der Waals surface area contributed by atoms with Crippen LogP contribution in [0.5, 0.6) is 0 Å². The molecule has 5 nitrogen and oxygen atoms in total. The maximum absolute atomic E-state index is 13.7. The number of halogens is 2. The van der Waals surface area contributed by atoms with Crippen LogP contribution in [0.2, 0.25) is 0 Å². The van der Waals surface area contributed by atoms with E-state index in [0.717, 1.165) is 25.0 Å². The van der Waals surface area contributed by atoms with E-state index in [2.05, 4.69) is 15.3 Å². The number of nitrogens with one attached hydrogen (secondary N) is 1. The fourth-order valence-electron chi connectivity index (χ4n) is 2.27. The molecule has 0 atom stereocenters. The summed E-state index contributed by atoms with van der Waals surface area (Å²) in [6, 6.07) is 4.67. The second kappa shape index (κ2) is 8.33. The minimum atomic E-state index is -0.756. The second-order valence-corrected chi connectivity index (χ2v) is 5.31. The predicted octanol–water partition coefficient (Wildman–Crippen LogP) is 3.76. The van der Waals surface area contributed by atoms with Crippen molar-refractivity contribution in [3.8, 4) is 0 Å². The van der Waals surface area contributed by atoms with E-state index in [-0.39, 0.29) is 23.2 Å². The van der Waals surface area contributed by atoms with E-state index in [9.17, 15) is 13.6 Å². The average molecular weight is 334 g/mol. The minimum absolute atomic E-state index is 0.0416. The molecule has 1 aromatic carbocycles. The van der Waals surface area contributed by atoms with E-state index in [1.807, 2.05) is 13.8 Å². The molecule has 7 heteroatoms. The summed E-state index contributed by atoms with van der Waals surface area (Å²) < 4.78 is 26.6. The van der Waals surface area contributed by atoms with Crippen molar-refractivity contribution in [1.82, 2.24) is 14.9 Å². The van der Waals surface area contributed by atoms with Crippen LogP contribution in [0.25, 0.3) is 0 Å². The molecule has 0 spiro atoms. The molecule has 2 rings (SSSR count). The van der Waals surface area contributed by atoms with Gasteiger partial charge in [0, 0.05) is 25.4 Å². The molecule has 128 valence electrons. The van der Waals surface area contributed by atoms with Gasteiger partial charge in [0.05, 0.1) is 5.69 Å². The number of benzene rings is 1. The van der Waals surface area contributed by atoms with E-state index in [4.69, 9.17) is 0 Å². The third kappa shape index (κ3) is 4.47. The Balaban J connectivity index is 2.20. The molecule has 0 aliphatic heterocycles. The van der Waals surface area contributed by atoms with Crippen molar-refractivity contribution in [3.63, 3.8) is 0 Å². The molecule has 1 N–H and O–H groups in total. The van der Waals surface area contributed by atoms with Gasteiger partial charge >= 0.3 is 0 Å². The number of nitrogens with zero attached hydrogens (tertiary/aromatic N) is 3. The number of hydrogen-bond acceptors (Lipinski definition) is 4. The zero-order valence-electron chi connectivity index (χ0n) is 13.7. The van der Waals surface area contributed by atoms with Crippen molar-refractivity contribution in [2.45, 2.75) is 26.7 Å². The number of carbonyl (C=O) groups is 1. The van der Waals surface area contributed by atoms with Gasteiger partial charge in [-0.05, 0) is 31.0 Å². The van der Waals surface area contributed by atoms with Gasteiger partial charge in [-0.3, -0.25) is 4.79 Å². The van der Waals surface area contributed by atoms with Crippen LogP contribution in [-0.2, 0) is 0 Å². The van der Waals surface area contributed by atoms with Gasteiger partial charge in [-0.25, -0.2) is 18.7 Å². The van der Waals surface area contributed by atoms with Gasteiger partial charge in [-0.1, -0.05) is 13.8 Å². The monoisotopic (exact) mass is 334 g/mol. The van der Waals surface area contributed by atoms with Crippen LogP contribution in [0.1, 0.15) is 37.2 Å². The Morgan fingerprint density at radius 2 is 1.88 bits per heavy atom. The van der Waals surface area contributed by atoms with Gasteiger partial charge in [-0.2, -0.15) is 0 Å². The van der Waals surface area contributed by atoms with Crippen LogP contribution < -0.4 is 5.32 Å². The maximum atomic E-state index is 13.7. The lowest BCUT2D eigenvalue weighted by Gasteiger charge is -2.21. The Bertz CT molecular complexity index is 703. The summed E-state index contributed by atoms with van der Waals surface area (Å²) in [6.07, 6.45) is 3.13. The third-order valence-electron chi connectivity index (χ3n) is 3.33. The lowest BCUT2D eigenvalue weighted by atomic mass is 10.3. The lowest BCUT2D eigenvalue weighted by Crippen LogP contribution is -2.33. The Labute approximate surface area is 139 Å². The molecule has 24 heavy (non-hydrogen) atoms. The summed E-state index contributed by atoms with van der Waals surface area (Å²) in [6.45, 7) is 5.29. The van der Waals surface area contributed by atoms with Gasteiger partial charge in [0.25, 0.3) is 5.91 Å². The molecule has 0 aliphatic carbocycles. The van der Waals surface area contributed by atoms with E-state index >= 15 is 0 Å². The van der Waals surface area contributed by atoms with Gasteiger partial charge in [0.2, 0.25) is 5.95 Å². The second-order valence-electron chi connectivity index (χ2n) is 5.31. The normalized spacial score (nSPS) is 10.5. The standard InChI is InChI=1S/C17H20F2N4O/c1-3-9-23(10-4-2)16(24)15-7-8-20-17(22-15)21-14-6-5-12(18)11-13(14)19/h5-8,11H,3-4,9-10H2,1-2H3,(H,20,21,22). The summed E-state index contributed by atoms with van der Waals surface area (Å²) in [4.78, 5) is 22.4. The first kappa shape index (κ1) is 17.8. The summed E-state index contributed by atoms with van der Waals surface area (Å²) >= 11 is 0. The SMILES string of the molecule is CCCN(CCC)C(=O)c1ccnc(Nc2ccc(F)cc2F)n1. The molecule has 2 aromatic rings. The predicted molar refractivity (Wildman–Crippen MR) is 88.2 cm³/mol. The van der Waals surface area contributed by atoms with Crippen LogP contribution in [0.3, 0.4) is 0 Å². The summed E-state index contributed by atoms with van der Waals surface area (Å²) in [5.74, 6) is -1.53. The number of amides is 1. The van der Waals surface area contributed by atoms with Crippen molar-refractivity contribution in [2.24, 2.45) is 0 Å². The van der Waals surface area contributed by atoms with Crippen LogP contribution in [0.15, 0.2) is 30.5 Å². The first-order chi connectivity index (χ1) is 11.5. The van der Waals surface area contributed by atoms with E-state index < -0.39 is 11.6 Å². The van der Waals surface area contributed by atoms with Gasteiger partial charge in [0.1, 0.15) is 17.3 Å². The van der Waals surface area contributed by atoms with Gasteiger partial charge in [-0.15, -0.1) is 0 Å². The molecule has 1 heterocycles. The number of hydrogen-bond donors (Lipinski definition) is 1. The Kier molecular flexibility index (Phi) is 6.17. The van der Waals surface area contributed by atoms with Crippen LogP contribution >= 0.6 is 0 Å². The van der Waals surface area contributed by atoms with Crippen molar-refractivity contribution >= 4 is 17.5 Å². The van der Waals surface area contributed by atoms with Crippen LogP contribution in [0.4, 0.5) is 20.4 Å². The number of anilines is 2. The molecule has 0 bridgehead atoms. The number of rotatable bonds is 7. The molecule has 0 unspecified atom stereocenters. The highest BCUT2D eigenvalue weighted by molar-refractivity contribution is 5.92. The highest BCUT2D eigenvalue weighted by Crippen LogP contribution is 2.18. The Morgan fingerprint density at radius 3 is 2.50 bits per heavy atom. The lowest BCUT2D eigenvalue weighted by molar-refractivity contribution is 0.0749. The van der Waals surface area contributed by atoms with Crippen molar-refractivity contribution in [1.29, 1.82) is 0 Å². The summed E-state index contributed by atoms with van der Waals surface area (Å²) in [5, 5.41) is 2.66. The largest absolute Gasteiger partial charge is 0.337 e. The summed E-state index contributed by atoms with van der Waals surface area (Å²) in [7, 11) is 0. The number of aromatic nitrogens is 2. The topological polar surface area (TPSA) is 58.1 Å². The fraction of sp³-hybridized carbons (Fsp3) is 0.353. The maximum Gasteiger partial charge on any atom is 0.272 e.